The molecule has 0 aliphatic carbocycles. The Morgan fingerprint density at radius 3 is 1.19 bits per heavy atom. The number of fused-ring (bicyclic) bond motifs is 7. The average molecular weight is 1850 g/mol. The molecule has 0 radical (unpaired) electrons. The standard InChI is InChI=1S/2C29H36N6O3.C25H27N5O2.C20H22FN5O2/c2*1-5-27(37)35-13-12-34(18-20(35)2)28-24-10-11-33(19-25(24)30-29(31-28)38-15-14-32(3)4)26-17-22(36)16-21-8-6-7-9-23(21)26;1-3-24(32)28-8-10-29(11-9-28)25-21-12-17(2)30(15-22(21)26-16-27-25)23-14-19(31)13-18-6-4-5-7-20(18)23;1-2-19(28)24-7-9-25(10-8-24)20-15-5-6-26(12-17(15)22-13-23-20)18-11-14(27)3-4-16(18)21/h2*5-9,16-17,20,36H,1,10-15,18-19H2,2-4H3;3-7,13-14,16-17,31H,1,8-12,15H2,2H3;2-4,11,13,27H,1,5-10,12H2/t2*20-;;/m10../s1. The van der Waals surface area contributed by atoms with E-state index in [1.807, 2.05) is 121 Å². The summed E-state index contributed by atoms with van der Waals surface area (Å²) >= 11 is 0. The second-order valence-corrected chi connectivity index (χ2v) is 36.0. The van der Waals surface area contributed by atoms with Gasteiger partial charge in [0.05, 0.1) is 54.6 Å². The number of phenolic OH excluding ortho intramolecular Hbond substituents is 4. The number of halogens is 1. The first-order valence-corrected chi connectivity index (χ1v) is 46.6. The van der Waals surface area contributed by atoms with Crippen molar-refractivity contribution >= 4 is 102 Å². The van der Waals surface area contributed by atoms with Crippen molar-refractivity contribution in [2.75, 3.05) is 205 Å². The topological polar surface area (TPSA) is 316 Å². The van der Waals surface area contributed by atoms with Crippen LogP contribution in [0.15, 0.2) is 191 Å². The van der Waals surface area contributed by atoms with Crippen molar-refractivity contribution in [1.29, 1.82) is 0 Å². The molecule has 710 valence electrons. The van der Waals surface area contributed by atoms with Gasteiger partial charge in [0.1, 0.15) is 78.0 Å². The first-order chi connectivity index (χ1) is 65.8. The molecule has 3 atom stereocenters. The molecule has 19 rings (SSSR count). The predicted octanol–water partition coefficient (Wildman–Crippen LogP) is 11.0. The summed E-state index contributed by atoms with van der Waals surface area (Å²) in [6.07, 6.45) is 11.7. The lowest BCUT2D eigenvalue weighted by atomic mass is 9.96. The van der Waals surface area contributed by atoms with E-state index in [9.17, 15) is 44.0 Å². The summed E-state index contributed by atoms with van der Waals surface area (Å²) < 4.78 is 26.2. The third kappa shape index (κ3) is 21.3. The summed E-state index contributed by atoms with van der Waals surface area (Å²) in [5, 5.41) is 47.2. The molecule has 8 aliphatic heterocycles. The van der Waals surface area contributed by atoms with Crippen LogP contribution in [-0.4, -0.2) is 297 Å². The number of carbonyl (C=O) groups excluding carboxylic acids is 4. The number of likely N-dealkylation sites (N-methyl/N-ethyl adjacent to an activating group) is 2. The summed E-state index contributed by atoms with van der Waals surface area (Å²) in [5.74, 6) is 3.98. The normalized spacial score (nSPS) is 17.6. The molecule has 33 heteroatoms. The number of aromatic nitrogens is 8. The smallest absolute Gasteiger partial charge is 0.318 e. The Morgan fingerprint density at radius 1 is 0.390 bits per heavy atom. The zero-order valence-electron chi connectivity index (χ0n) is 78.6. The van der Waals surface area contributed by atoms with Gasteiger partial charge in [0.25, 0.3) is 0 Å². The van der Waals surface area contributed by atoms with Crippen LogP contribution in [0, 0.1) is 5.82 Å². The van der Waals surface area contributed by atoms with E-state index in [1.165, 1.54) is 54.4 Å². The number of anilines is 8. The highest BCUT2D eigenvalue weighted by Gasteiger charge is 2.38. The first-order valence-electron chi connectivity index (χ1n) is 46.6. The third-order valence-electron chi connectivity index (χ3n) is 26.6. The lowest BCUT2D eigenvalue weighted by Gasteiger charge is -2.41. The van der Waals surface area contributed by atoms with Crippen LogP contribution in [0.25, 0.3) is 32.3 Å². The van der Waals surface area contributed by atoms with Crippen LogP contribution in [0.1, 0.15) is 65.8 Å². The molecular formula is C103H121FN22O10. The molecule has 136 heavy (non-hydrogen) atoms. The summed E-state index contributed by atoms with van der Waals surface area (Å²) in [4.78, 5) is 115. The van der Waals surface area contributed by atoms with Gasteiger partial charge in [-0.15, -0.1) is 0 Å². The van der Waals surface area contributed by atoms with Crippen molar-refractivity contribution in [2.45, 2.75) is 90.8 Å². The molecule has 32 nitrogen and oxygen atoms in total. The van der Waals surface area contributed by atoms with E-state index in [2.05, 4.69) is 129 Å². The second kappa shape index (κ2) is 42.4. The molecule has 11 aromatic rings. The lowest BCUT2D eigenvalue weighted by molar-refractivity contribution is -0.129. The SMILES string of the molecule is C=CC(=O)N1CCN(c2nc(OCCN(C)C)nc3c2CCN(c2cc(O)cc4ccccc24)C3)C[C@@H]1C.C=CC(=O)N1CCN(c2nc(OCCN(C)C)nc3c2CCN(c2cc(O)cc4ccccc24)C3)C[C@H]1C.C=CC(=O)N1CCN(c2ncnc3c2CC(C)N(c2cc(O)cc4ccccc24)C3)CC1.C=CC(=O)N1CCN(c2ncnc3c2CCN(c2cc(O)ccc2F)C3)CC1. The van der Waals surface area contributed by atoms with Gasteiger partial charge in [0.15, 0.2) is 0 Å². The molecule has 4 aromatic heterocycles. The largest absolute Gasteiger partial charge is 0.508 e. The molecular weight excluding hydrogens is 1720 g/mol. The number of hydrogen-bond donors (Lipinski definition) is 4. The molecule has 8 aliphatic rings. The van der Waals surface area contributed by atoms with Gasteiger partial charge >= 0.3 is 12.0 Å². The number of rotatable bonds is 20. The second-order valence-electron chi connectivity index (χ2n) is 36.0. The molecule has 4 amide bonds. The monoisotopic (exact) mass is 1840 g/mol. The van der Waals surface area contributed by atoms with Gasteiger partial charge in [-0.05, 0) is 145 Å². The highest BCUT2D eigenvalue weighted by Crippen LogP contribution is 2.43. The van der Waals surface area contributed by atoms with E-state index in [4.69, 9.17) is 29.4 Å². The van der Waals surface area contributed by atoms with E-state index in [-0.39, 0.29) is 70.6 Å². The number of phenols is 4. The number of amides is 4. The quantitative estimate of drug-likeness (QED) is 0.0515. The molecule has 1 unspecified atom stereocenters. The van der Waals surface area contributed by atoms with Crippen LogP contribution < -0.4 is 48.7 Å². The van der Waals surface area contributed by atoms with Crippen LogP contribution in [-0.2, 0) is 71.0 Å². The Kier molecular flexibility index (Phi) is 29.5. The van der Waals surface area contributed by atoms with Crippen LogP contribution >= 0.6 is 0 Å². The lowest BCUT2D eigenvalue weighted by Crippen LogP contribution is -2.54. The first kappa shape index (κ1) is 94.7. The van der Waals surface area contributed by atoms with Gasteiger partial charge in [-0.1, -0.05) is 99.1 Å². The fourth-order valence-corrected chi connectivity index (χ4v) is 19.5. The maximum absolute atomic E-state index is 14.2. The van der Waals surface area contributed by atoms with E-state index in [1.54, 1.807) is 29.4 Å². The Morgan fingerprint density at radius 2 is 0.765 bits per heavy atom. The van der Waals surface area contributed by atoms with E-state index in [0.717, 1.165) is 171 Å². The third-order valence-corrected chi connectivity index (χ3v) is 26.6. The van der Waals surface area contributed by atoms with Crippen molar-refractivity contribution in [3.05, 3.63) is 242 Å². The van der Waals surface area contributed by atoms with Crippen molar-refractivity contribution in [2.24, 2.45) is 0 Å². The molecule has 4 N–H and O–H groups in total. The number of hydrogen-bond acceptors (Lipinski definition) is 28. The van der Waals surface area contributed by atoms with Gasteiger partial charge < -0.3 is 98.5 Å². The summed E-state index contributed by atoms with van der Waals surface area (Å²) in [5.41, 5.74) is 11.6. The summed E-state index contributed by atoms with van der Waals surface area (Å²) in [6.45, 7) is 37.2. The van der Waals surface area contributed by atoms with Gasteiger partial charge in [-0.3, -0.25) is 19.2 Å². The van der Waals surface area contributed by atoms with E-state index >= 15 is 0 Å². The Balaban J connectivity index is 0.000000132. The molecule has 0 saturated carbocycles. The minimum absolute atomic E-state index is 0.0167. The molecule has 4 saturated heterocycles. The van der Waals surface area contributed by atoms with Gasteiger partial charge in [0.2, 0.25) is 23.6 Å². The number of carbonyl (C=O) groups is 4. The maximum atomic E-state index is 14.2. The molecule has 0 bridgehead atoms. The zero-order chi connectivity index (χ0) is 95.5. The highest BCUT2D eigenvalue weighted by atomic mass is 19.1. The van der Waals surface area contributed by atoms with E-state index < -0.39 is 0 Å². The fourth-order valence-electron chi connectivity index (χ4n) is 19.5. The Hall–Kier alpha value is -14.5. The van der Waals surface area contributed by atoms with Crippen molar-refractivity contribution in [3.63, 3.8) is 0 Å². The van der Waals surface area contributed by atoms with Crippen LogP contribution in [0.5, 0.6) is 35.0 Å². The maximum Gasteiger partial charge on any atom is 0.318 e. The Bertz CT molecular complexity index is 6060. The number of ether oxygens (including phenoxy) is 2. The van der Waals surface area contributed by atoms with Crippen molar-refractivity contribution in [3.8, 4) is 35.0 Å². The Labute approximate surface area is 792 Å². The van der Waals surface area contributed by atoms with Crippen LogP contribution in [0.2, 0.25) is 0 Å². The predicted molar refractivity (Wildman–Crippen MR) is 530 cm³/mol. The highest BCUT2D eigenvalue weighted by molar-refractivity contribution is 5.98. The van der Waals surface area contributed by atoms with Gasteiger partial charge in [-0.25, -0.2) is 24.3 Å². The summed E-state index contributed by atoms with van der Waals surface area (Å²) in [7, 11) is 8.02. The van der Waals surface area contributed by atoms with Gasteiger partial charge in [0, 0.05) is 222 Å². The molecule has 7 aromatic carbocycles. The van der Waals surface area contributed by atoms with Crippen LogP contribution in [0.3, 0.4) is 0 Å². The number of nitrogens with zero attached hydrogens (tertiary/aromatic N) is 22. The number of aromatic hydroxyl groups is 4. The average Bonchev–Trinajstić information content (AvgIpc) is 0.727. The molecule has 4 fully saturated rings. The number of piperazine rings is 4. The molecule has 12 heterocycles. The minimum Gasteiger partial charge on any atom is -0.508 e. The number of benzene rings is 7. The van der Waals surface area contributed by atoms with Crippen LogP contribution in [0.4, 0.5) is 50.4 Å². The van der Waals surface area contributed by atoms with Crippen molar-refractivity contribution < 1.29 is 53.5 Å². The zero-order valence-corrected chi connectivity index (χ0v) is 78.6. The minimum atomic E-state index is -0.362. The van der Waals surface area contributed by atoms with E-state index in [0.29, 0.717) is 149 Å². The summed E-state index contributed by atoms with van der Waals surface area (Å²) in [6, 6.07) is 40.4. The van der Waals surface area contributed by atoms with Gasteiger partial charge in [-0.2, -0.15) is 19.9 Å². The molecule has 0 spiro atoms. The van der Waals surface area contributed by atoms with Crippen molar-refractivity contribution in [1.82, 2.24) is 69.3 Å². The fraction of sp³-hybridized carbons (Fsp3) is 0.379.